The third kappa shape index (κ3) is 2.25. The molecule has 0 aliphatic heterocycles. The van der Waals surface area contributed by atoms with Crippen LogP contribution < -0.4 is 0 Å². The van der Waals surface area contributed by atoms with E-state index >= 15 is 0 Å². The summed E-state index contributed by atoms with van der Waals surface area (Å²) < 4.78 is 0. The monoisotopic (exact) mass is 154 g/mol. The molecule has 0 fully saturated rings. The normalized spacial score (nSPS) is 31.6. The van der Waals surface area contributed by atoms with Crippen LogP contribution >= 0.6 is 0 Å². The molecule has 0 heterocycles. The van der Waals surface area contributed by atoms with E-state index in [0.717, 1.165) is 24.7 Å². The third-order valence-corrected chi connectivity index (χ3v) is 2.66. The number of rotatable bonds is 2. The average Bonchev–Trinajstić information content (AvgIpc) is 1.98. The largest absolute Gasteiger partial charge is 0.513 e. The van der Waals surface area contributed by atoms with Crippen LogP contribution in [0.2, 0.25) is 0 Å². The zero-order valence-corrected chi connectivity index (χ0v) is 7.51. The van der Waals surface area contributed by atoms with Crippen molar-refractivity contribution in [2.24, 2.45) is 11.8 Å². The first kappa shape index (κ1) is 8.63. The Morgan fingerprint density at radius 3 is 3.00 bits per heavy atom. The summed E-state index contributed by atoms with van der Waals surface area (Å²) in [5.41, 5.74) is 0. The lowest BCUT2D eigenvalue weighted by Gasteiger charge is -2.26. The number of aliphatic hydroxyl groups excluding tert-OH is 1. The Labute approximate surface area is 69.1 Å². The van der Waals surface area contributed by atoms with E-state index in [2.05, 4.69) is 13.8 Å². The Bertz CT molecular complexity index is 149. The molecule has 0 amide bonds. The quantitative estimate of drug-likeness (QED) is 0.647. The standard InChI is InChI=1S/C10H18O/c1-3-4-9-7-10(11)6-5-8(9)2/h6,8-9,11H,3-5,7H2,1-2H3/t8-,9+/m0/s1. The van der Waals surface area contributed by atoms with Crippen LogP contribution in [0.1, 0.15) is 39.5 Å². The Morgan fingerprint density at radius 2 is 2.36 bits per heavy atom. The molecule has 2 atom stereocenters. The van der Waals surface area contributed by atoms with Gasteiger partial charge in [-0.3, -0.25) is 0 Å². The Hall–Kier alpha value is -0.460. The molecule has 1 rings (SSSR count). The topological polar surface area (TPSA) is 20.2 Å². The van der Waals surface area contributed by atoms with Crippen molar-refractivity contribution in [2.45, 2.75) is 39.5 Å². The molecule has 11 heavy (non-hydrogen) atoms. The summed E-state index contributed by atoms with van der Waals surface area (Å²) in [6.45, 7) is 4.49. The lowest BCUT2D eigenvalue weighted by molar-refractivity contribution is 0.254. The molecule has 1 N–H and O–H groups in total. The maximum absolute atomic E-state index is 9.29. The zero-order valence-electron chi connectivity index (χ0n) is 7.51. The van der Waals surface area contributed by atoms with Crippen LogP contribution in [0.15, 0.2) is 11.8 Å². The van der Waals surface area contributed by atoms with E-state index in [1.807, 2.05) is 6.08 Å². The predicted molar refractivity (Wildman–Crippen MR) is 47.5 cm³/mol. The molecule has 0 bridgehead atoms. The first-order valence-electron chi connectivity index (χ1n) is 4.62. The van der Waals surface area contributed by atoms with Gasteiger partial charge in [0.05, 0.1) is 5.76 Å². The highest BCUT2D eigenvalue weighted by Gasteiger charge is 2.20. The highest BCUT2D eigenvalue weighted by atomic mass is 16.3. The van der Waals surface area contributed by atoms with Crippen LogP contribution in [0.3, 0.4) is 0 Å². The van der Waals surface area contributed by atoms with Crippen LogP contribution in [-0.4, -0.2) is 5.11 Å². The molecule has 1 nitrogen and oxygen atoms in total. The summed E-state index contributed by atoms with van der Waals surface area (Å²) in [7, 11) is 0. The molecule has 0 saturated heterocycles. The minimum atomic E-state index is 0.613. The summed E-state index contributed by atoms with van der Waals surface area (Å²) in [5, 5.41) is 9.29. The van der Waals surface area contributed by atoms with Crippen molar-refractivity contribution in [3.05, 3.63) is 11.8 Å². The number of hydrogen-bond acceptors (Lipinski definition) is 1. The molecule has 0 unspecified atom stereocenters. The molecule has 0 radical (unpaired) electrons. The maximum atomic E-state index is 9.29. The van der Waals surface area contributed by atoms with Crippen LogP contribution in [0.4, 0.5) is 0 Å². The van der Waals surface area contributed by atoms with Gasteiger partial charge in [-0.25, -0.2) is 0 Å². The minimum Gasteiger partial charge on any atom is -0.513 e. The van der Waals surface area contributed by atoms with E-state index in [9.17, 15) is 5.11 Å². The number of hydrogen-bond donors (Lipinski definition) is 1. The summed E-state index contributed by atoms with van der Waals surface area (Å²) in [6, 6.07) is 0. The van der Waals surface area contributed by atoms with Crippen molar-refractivity contribution in [2.75, 3.05) is 0 Å². The maximum Gasteiger partial charge on any atom is 0.0885 e. The molecule has 64 valence electrons. The van der Waals surface area contributed by atoms with Gasteiger partial charge in [-0.05, 0) is 24.3 Å². The number of aliphatic hydroxyl groups is 1. The van der Waals surface area contributed by atoms with Crippen molar-refractivity contribution in [3.8, 4) is 0 Å². The van der Waals surface area contributed by atoms with Gasteiger partial charge in [0.25, 0.3) is 0 Å². The fourth-order valence-corrected chi connectivity index (χ4v) is 1.82. The highest BCUT2D eigenvalue weighted by molar-refractivity contribution is 4.99. The fourth-order valence-electron chi connectivity index (χ4n) is 1.82. The lowest BCUT2D eigenvalue weighted by Crippen LogP contribution is -2.16. The second-order valence-corrected chi connectivity index (χ2v) is 3.66. The van der Waals surface area contributed by atoms with Gasteiger partial charge in [0.1, 0.15) is 0 Å². The van der Waals surface area contributed by atoms with Gasteiger partial charge in [-0.15, -0.1) is 0 Å². The molecule has 0 saturated carbocycles. The Morgan fingerprint density at radius 1 is 1.64 bits per heavy atom. The van der Waals surface area contributed by atoms with Gasteiger partial charge in [-0.1, -0.05) is 26.7 Å². The van der Waals surface area contributed by atoms with E-state index in [4.69, 9.17) is 0 Å². The fraction of sp³-hybridized carbons (Fsp3) is 0.800. The van der Waals surface area contributed by atoms with Crippen molar-refractivity contribution in [3.63, 3.8) is 0 Å². The summed E-state index contributed by atoms with van der Waals surface area (Å²) in [5.74, 6) is 2.11. The van der Waals surface area contributed by atoms with Crippen LogP contribution in [-0.2, 0) is 0 Å². The summed E-state index contributed by atoms with van der Waals surface area (Å²) in [4.78, 5) is 0. The van der Waals surface area contributed by atoms with Gasteiger partial charge in [0.15, 0.2) is 0 Å². The van der Waals surface area contributed by atoms with Crippen LogP contribution in [0.5, 0.6) is 0 Å². The van der Waals surface area contributed by atoms with Gasteiger partial charge in [-0.2, -0.15) is 0 Å². The van der Waals surface area contributed by atoms with Gasteiger partial charge in [0.2, 0.25) is 0 Å². The molecular formula is C10H18O. The zero-order chi connectivity index (χ0) is 8.27. The average molecular weight is 154 g/mol. The molecule has 1 heteroatoms. The van der Waals surface area contributed by atoms with Crippen molar-refractivity contribution in [1.29, 1.82) is 0 Å². The van der Waals surface area contributed by atoms with Crippen molar-refractivity contribution >= 4 is 0 Å². The van der Waals surface area contributed by atoms with Crippen molar-refractivity contribution in [1.82, 2.24) is 0 Å². The van der Waals surface area contributed by atoms with E-state index in [1.165, 1.54) is 12.8 Å². The SMILES string of the molecule is CCC[C@@H]1CC(O)=CC[C@@H]1C. The van der Waals surface area contributed by atoms with Gasteiger partial charge in [0, 0.05) is 6.42 Å². The van der Waals surface area contributed by atoms with E-state index in [0.29, 0.717) is 5.76 Å². The second-order valence-electron chi connectivity index (χ2n) is 3.66. The summed E-state index contributed by atoms with van der Waals surface area (Å²) >= 11 is 0. The minimum absolute atomic E-state index is 0.613. The highest BCUT2D eigenvalue weighted by Crippen LogP contribution is 2.31. The Balaban J connectivity index is 2.46. The van der Waals surface area contributed by atoms with E-state index in [1.54, 1.807) is 0 Å². The number of allylic oxidation sites excluding steroid dienone is 2. The molecule has 1 aliphatic carbocycles. The molecule has 1 aliphatic rings. The lowest BCUT2D eigenvalue weighted by atomic mass is 9.81. The molecule has 0 spiro atoms. The first-order valence-corrected chi connectivity index (χ1v) is 4.62. The third-order valence-electron chi connectivity index (χ3n) is 2.66. The molecule has 0 aromatic heterocycles. The van der Waals surface area contributed by atoms with Crippen LogP contribution in [0, 0.1) is 11.8 Å². The van der Waals surface area contributed by atoms with E-state index < -0.39 is 0 Å². The predicted octanol–water partition coefficient (Wildman–Crippen LogP) is 3.27. The molecule has 0 aromatic rings. The van der Waals surface area contributed by atoms with E-state index in [-0.39, 0.29) is 0 Å². The van der Waals surface area contributed by atoms with Crippen molar-refractivity contribution < 1.29 is 5.11 Å². The molecular weight excluding hydrogens is 136 g/mol. The van der Waals surface area contributed by atoms with Gasteiger partial charge < -0.3 is 5.11 Å². The first-order chi connectivity index (χ1) is 5.24. The second kappa shape index (κ2) is 3.80. The Kier molecular flexibility index (Phi) is 2.98. The van der Waals surface area contributed by atoms with Crippen LogP contribution in [0.25, 0.3) is 0 Å². The summed E-state index contributed by atoms with van der Waals surface area (Å²) in [6.07, 6.45) is 6.45. The molecule has 0 aromatic carbocycles. The van der Waals surface area contributed by atoms with Gasteiger partial charge >= 0.3 is 0 Å². The smallest absolute Gasteiger partial charge is 0.0885 e.